The molecular formula is C12H19NO3S. The van der Waals surface area contributed by atoms with Gasteiger partial charge in [0.25, 0.3) is 0 Å². The van der Waals surface area contributed by atoms with Crippen LogP contribution < -0.4 is 0 Å². The molecule has 2 aliphatic heterocycles. The van der Waals surface area contributed by atoms with E-state index in [1.807, 2.05) is 34.6 Å². The fraction of sp³-hybridized carbons (Fsp3) is 0.833. The third-order valence-electron chi connectivity index (χ3n) is 3.61. The van der Waals surface area contributed by atoms with E-state index in [1.54, 1.807) is 16.7 Å². The predicted octanol–water partition coefficient (Wildman–Crippen LogP) is 1.80. The Hall–Kier alpha value is -0.710. The maximum atomic E-state index is 12.1. The van der Waals surface area contributed by atoms with E-state index in [2.05, 4.69) is 0 Å². The molecule has 0 aromatic heterocycles. The van der Waals surface area contributed by atoms with Gasteiger partial charge in [-0.2, -0.15) is 0 Å². The van der Waals surface area contributed by atoms with E-state index in [0.717, 1.165) is 0 Å². The first-order chi connectivity index (χ1) is 7.57. The lowest BCUT2D eigenvalue weighted by Gasteiger charge is -2.49. The van der Waals surface area contributed by atoms with Gasteiger partial charge in [0, 0.05) is 4.75 Å². The molecule has 0 aromatic rings. The van der Waals surface area contributed by atoms with Crippen LogP contribution in [0.25, 0.3) is 0 Å². The van der Waals surface area contributed by atoms with E-state index in [4.69, 9.17) is 0 Å². The Morgan fingerprint density at radius 2 is 1.94 bits per heavy atom. The normalized spacial score (nSPS) is 35.5. The molecule has 0 aromatic carbocycles. The molecular weight excluding hydrogens is 238 g/mol. The number of hydrogen-bond donors (Lipinski definition) is 1. The van der Waals surface area contributed by atoms with E-state index in [9.17, 15) is 14.7 Å². The van der Waals surface area contributed by atoms with E-state index in [0.29, 0.717) is 0 Å². The van der Waals surface area contributed by atoms with Crippen molar-refractivity contribution in [3.05, 3.63) is 0 Å². The zero-order chi connectivity index (χ0) is 13.2. The molecule has 0 bridgehead atoms. The number of rotatable bonds is 1. The van der Waals surface area contributed by atoms with Gasteiger partial charge in [0.1, 0.15) is 6.04 Å². The monoisotopic (exact) mass is 257 g/mol. The Balaban J connectivity index is 2.31. The minimum Gasteiger partial charge on any atom is -0.480 e. The Morgan fingerprint density at radius 1 is 1.41 bits per heavy atom. The fourth-order valence-electron chi connectivity index (χ4n) is 2.81. The highest BCUT2D eigenvalue weighted by Gasteiger charge is 2.65. The molecule has 1 unspecified atom stereocenters. The third kappa shape index (κ3) is 1.66. The molecule has 96 valence electrons. The maximum absolute atomic E-state index is 12.1. The van der Waals surface area contributed by atoms with Gasteiger partial charge in [0.15, 0.2) is 0 Å². The van der Waals surface area contributed by atoms with E-state index in [1.165, 1.54) is 0 Å². The Morgan fingerprint density at radius 3 is 2.35 bits per heavy atom. The van der Waals surface area contributed by atoms with Gasteiger partial charge in [-0.05, 0) is 19.3 Å². The maximum Gasteiger partial charge on any atom is 0.327 e. The summed E-state index contributed by atoms with van der Waals surface area (Å²) < 4.78 is -0.411. The van der Waals surface area contributed by atoms with Crippen molar-refractivity contribution in [3.63, 3.8) is 0 Å². The van der Waals surface area contributed by atoms with E-state index >= 15 is 0 Å². The van der Waals surface area contributed by atoms with Crippen molar-refractivity contribution < 1.29 is 14.7 Å². The molecule has 2 aliphatic rings. The summed E-state index contributed by atoms with van der Waals surface area (Å²) >= 11 is 1.62. The van der Waals surface area contributed by atoms with Gasteiger partial charge in [-0.15, -0.1) is 11.8 Å². The molecule has 0 radical (unpaired) electrons. The summed E-state index contributed by atoms with van der Waals surface area (Å²) in [6.45, 7) is 9.92. The van der Waals surface area contributed by atoms with Crippen LogP contribution in [-0.2, 0) is 9.59 Å². The van der Waals surface area contributed by atoms with Crippen molar-refractivity contribution in [1.29, 1.82) is 0 Å². The number of β-lactam (4-membered cyclic amide) rings is 1. The van der Waals surface area contributed by atoms with Crippen LogP contribution in [0.3, 0.4) is 0 Å². The largest absolute Gasteiger partial charge is 0.480 e. The summed E-state index contributed by atoms with van der Waals surface area (Å²) in [5.74, 6) is -0.963. The van der Waals surface area contributed by atoms with Gasteiger partial charge in [-0.3, -0.25) is 4.79 Å². The molecule has 0 spiro atoms. The zero-order valence-electron chi connectivity index (χ0n) is 10.9. The van der Waals surface area contributed by atoms with Gasteiger partial charge >= 0.3 is 5.97 Å². The van der Waals surface area contributed by atoms with Crippen molar-refractivity contribution in [2.75, 3.05) is 0 Å². The first kappa shape index (κ1) is 12.7. The number of aliphatic carboxylic acids is 1. The number of carboxylic acids is 1. The Labute approximate surface area is 106 Å². The molecule has 5 heteroatoms. The minimum atomic E-state index is -0.897. The lowest BCUT2D eigenvalue weighted by Crippen LogP contribution is -2.65. The summed E-state index contributed by atoms with van der Waals surface area (Å²) in [7, 11) is 0. The van der Waals surface area contributed by atoms with E-state index < -0.39 is 16.8 Å². The fourth-order valence-corrected chi connectivity index (χ4v) is 4.78. The van der Waals surface area contributed by atoms with Gasteiger partial charge in [-0.25, -0.2) is 4.79 Å². The van der Waals surface area contributed by atoms with Crippen LogP contribution in [0, 0.1) is 11.3 Å². The first-order valence-electron chi connectivity index (χ1n) is 5.80. The van der Waals surface area contributed by atoms with Crippen molar-refractivity contribution in [2.45, 2.75) is 50.8 Å². The summed E-state index contributed by atoms with van der Waals surface area (Å²) in [6, 6.07) is -0.691. The molecule has 0 aliphatic carbocycles. The van der Waals surface area contributed by atoms with Crippen LogP contribution in [0.15, 0.2) is 0 Å². The van der Waals surface area contributed by atoms with Crippen LogP contribution in [0.2, 0.25) is 0 Å². The van der Waals surface area contributed by atoms with Crippen molar-refractivity contribution in [2.24, 2.45) is 11.3 Å². The molecule has 1 amide bonds. The average molecular weight is 257 g/mol. The highest BCUT2D eigenvalue weighted by atomic mass is 32.2. The highest BCUT2D eigenvalue weighted by Crippen LogP contribution is 2.57. The Bertz CT molecular complexity index is 386. The number of carbonyl (C=O) groups is 2. The van der Waals surface area contributed by atoms with Crippen molar-refractivity contribution in [1.82, 2.24) is 4.90 Å². The number of nitrogens with zero attached hydrogens (tertiary/aromatic N) is 1. The van der Waals surface area contributed by atoms with Gasteiger partial charge < -0.3 is 10.0 Å². The highest BCUT2D eigenvalue weighted by molar-refractivity contribution is 8.01. The lowest BCUT2D eigenvalue weighted by molar-refractivity contribution is -0.168. The molecule has 2 fully saturated rings. The zero-order valence-corrected chi connectivity index (χ0v) is 11.7. The number of hydrogen-bond acceptors (Lipinski definition) is 3. The number of carboxylic acid groups (broad SMARTS) is 1. The van der Waals surface area contributed by atoms with E-state index in [-0.39, 0.29) is 22.6 Å². The second kappa shape index (κ2) is 3.40. The third-order valence-corrected chi connectivity index (χ3v) is 5.18. The average Bonchev–Trinajstić information content (AvgIpc) is 2.31. The number of fused-ring (bicyclic) bond motifs is 1. The van der Waals surface area contributed by atoms with Crippen LogP contribution in [0.5, 0.6) is 0 Å². The van der Waals surface area contributed by atoms with Gasteiger partial charge in [-0.1, -0.05) is 20.8 Å². The molecule has 2 heterocycles. The molecule has 2 saturated heterocycles. The lowest BCUT2D eigenvalue weighted by atomic mass is 9.74. The van der Waals surface area contributed by atoms with Crippen LogP contribution in [0.1, 0.15) is 34.6 Å². The van der Waals surface area contributed by atoms with Gasteiger partial charge in [0.05, 0.1) is 11.3 Å². The quantitative estimate of drug-likeness (QED) is 0.728. The summed E-state index contributed by atoms with van der Waals surface area (Å²) in [6.07, 6.45) is 0. The predicted molar refractivity (Wildman–Crippen MR) is 66.7 cm³/mol. The van der Waals surface area contributed by atoms with Crippen LogP contribution in [0.4, 0.5) is 0 Å². The number of amides is 1. The summed E-state index contributed by atoms with van der Waals surface area (Å²) in [5.41, 5.74) is -0.102. The molecule has 4 nitrogen and oxygen atoms in total. The van der Waals surface area contributed by atoms with Crippen LogP contribution in [-0.4, -0.2) is 38.0 Å². The smallest absolute Gasteiger partial charge is 0.327 e. The molecule has 17 heavy (non-hydrogen) atoms. The molecule has 0 saturated carbocycles. The second-order valence-corrected chi connectivity index (χ2v) is 8.21. The second-order valence-electron chi connectivity index (χ2n) is 6.44. The number of thioether (sulfide) groups is 1. The summed E-state index contributed by atoms with van der Waals surface area (Å²) in [5, 5.41) is 9.30. The molecule has 2 rings (SSSR count). The molecule has 1 N–H and O–H groups in total. The topological polar surface area (TPSA) is 57.6 Å². The van der Waals surface area contributed by atoms with Gasteiger partial charge in [0.2, 0.25) is 5.91 Å². The Kier molecular flexibility index (Phi) is 2.55. The number of carbonyl (C=O) groups excluding carboxylic acids is 1. The standard InChI is InChI=1S/C12H19NO3S/c1-11(2,3)6-8(14)13-7(10(15)16)12(4,5)17-9(6)13/h6-7,9H,1-5H3,(H,15,16)/t6-,7+,9?/m1/s1. The van der Waals surface area contributed by atoms with Crippen LogP contribution >= 0.6 is 11.8 Å². The molecule has 3 atom stereocenters. The minimum absolute atomic E-state index is 0.00650. The first-order valence-corrected chi connectivity index (χ1v) is 6.68. The van der Waals surface area contributed by atoms with Crippen molar-refractivity contribution in [3.8, 4) is 0 Å². The SMILES string of the molecule is CC(C)(C)[C@@H]1C(=O)N2C1SC(C)(C)[C@@H]2C(=O)O. The van der Waals surface area contributed by atoms with Crippen molar-refractivity contribution >= 4 is 23.6 Å². The summed E-state index contributed by atoms with van der Waals surface area (Å²) in [4.78, 5) is 25.0.